The number of unbranched alkanes of at least 4 members (excludes halogenated alkanes) is 22. The molecule has 0 spiro atoms. The average molecular weight is 945 g/mol. The van der Waals surface area contributed by atoms with Gasteiger partial charge < -0.3 is 64.2 Å². The topological polar surface area (TPSA) is 231 Å². The molecular weight excluding hydrogens is 853 g/mol. The van der Waals surface area contributed by atoms with Crippen molar-refractivity contribution in [3.05, 3.63) is 24.3 Å². The van der Waals surface area contributed by atoms with Gasteiger partial charge >= 0.3 is 11.9 Å². The Labute approximate surface area is 396 Å². The second-order valence-electron chi connectivity index (χ2n) is 18.3. The summed E-state index contributed by atoms with van der Waals surface area (Å²) in [6.45, 7) is 2.54. The third kappa shape index (κ3) is 26.7. The van der Waals surface area contributed by atoms with Crippen LogP contribution in [0.25, 0.3) is 0 Å². The predicted molar refractivity (Wildman–Crippen MR) is 252 cm³/mol. The van der Waals surface area contributed by atoms with Gasteiger partial charge in [-0.25, -0.2) is 0 Å². The number of ether oxygens (including phenoxy) is 6. The van der Waals surface area contributed by atoms with E-state index in [1.807, 2.05) is 6.08 Å². The smallest absolute Gasteiger partial charge is 0.306 e. The molecule has 0 saturated carbocycles. The zero-order chi connectivity index (χ0) is 48.2. The number of esters is 2. The van der Waals surface area contributed by atoms with Crippen molar-refractivity contribution in [1.29, 1.82) is 0 Å². The minimum absolute atomic E-state index is 0.136. The van der Waals surface area contributed by atoms with E-state index in [4.69, 9.17) is 28.4 Å². The van der Waals surface area contributed by atoms with Crippen LogP contribution in [0.2, 0.25) is 0 Å². The molecule has 15 nitrogen and oxygen atoms in total. The SMILES string of the molecule is CCCCCC/C=C/CCCCCCCCCC(=O)O[C@H](COC(=O)CC/C=C/CCCCCCCCCCCCC)CO[C@@H]1O[C@H](CO[C@@H]2O[C@H](CO)[C@H](O)C(O)C2O)[C@H](O)C(O)C1O. The standard InChI is InChI=1S/C51H92O15/c1-3-5-7-9-11-13-15-17-19-21-23-25-27-29-31-33-42(53)61-36-39(64-43(54)34-32-30-28-26-24-22-20-18-16-14-12-10-8-6-4-2)37-62-50-49(60)47(58)45(56)41(66-50)38-63-51-48(59)46(57)44(55)40(35-52)65-51/h14,16,27,29,39-41,44-52,55-60H,3-13,15,17-26,28,30-38H2,1-2H3/b16-14+,29-27+/t39-,40-,41-,44+,45+,46?,47?,48?,49?,50-,51-/m1/s1. The highest BCUT2D eigenvalue weighted by molar-refractivity contribution is 5.70. The highest BCUT2D eigenvalue weighted by atomic mass is 16.7. The first-order valence-corrected chi connectivity index (χ1v) is 25.9. The van der Waals surface area contributed by atoms with Crippen LogP contribution in [0.3, 0.4) is 0 Å². The molecule has 0 aliphatic carbocycles. The molecule has 2 aliphatic heterocycles. The van der Waals surface area contributed by atoms with Gasteiger partial charge in [0, 0.05) is 12.8 Å². The van der Waals surface area contributed by atoms with Crippen LogP contribution in [-0.4, -0.2) is 142 Å². The summed E-state index contributed by atoms with van der Waals surface area (Å²) in [5.41, 5.74) is 0. The summed E-state index contributed by atoms with van der Waals surface area (Å²) in [4.78, 5) is 25.7. The van der Waals surface area contributed by atoms with E-state index in [1.54, 1.807) is 0 Å². The summed E-state index contributed by atoms with van der Waals surface area (Å²) >= 11 is 0. The van der Waals surface area contributed by atoms with Gasteiger partial charge in [-0.1, -0.05) is 154 Å². The van der Waals surface area contributed by atoms with Crippen molar-refractivity contribution in [2.24, 2.45) is 0 Å². The molecular formula is C51H92O15. The molecule has 2 fully saturated rings. The fourth-order valence-electron chi connectivity index (χ4n) is 8.11. The maximum Gasteiger partial charge on any atom is 0.306 e. The van der Waals surface area contributed by atoms with Crippen LogP contribution < -0.4 is 0 Å². The van der Waals surface area contributed by atoms with Crippen LogP contribution >= 0.6 is 0 Å². The first-order valence-electron chi connectivity index (χ1n) is 25.9. The molecule has 0 aromatic rings. The summed E-state index contributed by atoms with van der Waals surface area (Å²) in [5, 5.41) is 72.0. The van der Waals surface area contributed by atoms with Crippen molar-refractivity contribution in [2.45, 2.75) is 261 Å². The van der Waals surface area contributed by atoms with Crippen LogP contribution in [0, 0.1) is 0 Å². The molecule has 7 N–H and O–H groups in total. The number of carbonyl (C=O) groups excluding carboxylic acids is 2. The fourth-order valence-corrected chi connectivity index (χ4v) is 8.11. The Kier molecular flexibility index (Phi) is 35.3. The van der Waals surface area contributed by atoms with Crippen LogP contribution in [0.1, 0.15) is 194 Å². The zero-order valence-electron chi connectivity index (χ0n) is 40.7. The highest BCUT2D eigenvalue weighted by Gasteiger charge is 2.47. The maximum atomic E-state index is 13.0. The molecule has 0 aromatic carbocycles. The van der Waals surface area contributed by atoms with Crippen molar-refractivity contribution < 1.29 is 73.8 Å². The van der Waals surface area contributed by atoms with E-state index < -0.39 is 99.3 Å². The molecule has 0 aromatic heterocycles. The van der Waals surface area contributed by atoms with Gasteiger partial charge in [-0.15, -0.1) is 0 Å². The van der Waals surface area contributed by atoms with E-state index in [2.05, 4.69) is 32.1 Å². The molecule has 2 aliphatic rings. The van der Waals surface area contributed by atoms with Crippen LogP contribution in [0.15, 0.2) is 24.3 Å². The Morgan fingerprint density at radius 2 is 0.894 bits per heavy atom. The monoisotopic (exact) mass is 945 g/mol. The number of aliphatic hydroxyl groups excluding tert-OH is 7. The largest absolute Gasteiger partial charge is 0.462 e. The van der Waals surface area contributed by atoms with Gasteiger partial charge in [0.1, 0.15) is 55.4 Å². The van der Waals surface area contributed by atoms with Crippen molar-refractivity contribution in [3.8, 4) is 0 Å². The quantitative estimate of drug-likeness (QED) is 0.0184. The van der Waals surface area contributed by atoms with E-state index in [0.717, 1.165) is 44.9 Å². The number of carbonyl (C=O) groups is 2. The normalized spacial score (nSPS) is 26.3. The minimum atomic E-state index is -1.77. The third-order valence-electron chi connectivity index (χ3n) is 12.4. The lowest BCUT2D eigenvalue weighted by molar-refractivity contribution is -0.332. The Bertz CT molecular complexity index is 1250. The van der Waals surface area contributed by atoms with E-state index in [1.165, 1.54) is 109 Å². The first-order chi connectivity index (χ1) is 32.0. The third-order valence-corrected chi connectivity index (χ3v) is 12.4. The van der Waals surface area contributed by atoms with E-state index in [9.17, 15) is 45.3 Å². The van der Waals surface area contributed by atoms with Crippen molar-refractivity contribution in [3.63, 3.8) is 0 Å². The zero-order valence-corrected chi connectivity index (χ0v) is 40.7. The van der Waals surface area contributed by atoms with Crippen LogP contribution in [0.4, 0.5) is 0 Å². The average Bonchev–Trinajstić information content (AvgIpc) is 3.31. The number of aliphatic hydroxyl groups is 7. The lowest BCUT2D eigenvalue weighted by Gasteiger charge is -2.42. The molecule has 0 bridgehead atoms. The Morgan fingerprint density at radius 3 is 1.41 bits per heavy atom. The van der Waals surface area contributed by atoms with Crippen molar-refractivity contribution in [1.82, 2.24) is 0 Å². The summed E-state index contributed by atoms with van der Waals surface area (Å²) in [5.74, 6) is -0.982. The fraction of sp³-hybridized carbons (Fsp3) is 0.882. The molecule has 66 heavy (non-hydrogen) atoms. The Morgan fingerprint density at radius 1 is 0.470 bits per heavy atom. The van der Waals surface area contributed by atoms with Crippen LogP contribution in [-0.2, 0) is 38.0 Å². The molecule has 386 valence electrons. The molecule has 11 atom stereocenters. The van der Waals surface area contributed by atoms with Crippen molar-refractivity contribution in [2.75, 3.05) is 26.4 Å². The molecule has 2 saturated heterocycles. The number of allylic oxidation sites excluding steroid dienone is 4. The minimum Gasteiger partial charge on any atom is -0.462 e. The lowest BCUT2D eigenvalue weighted by atomic mass is 9.98. The number of hydrogen-bond acceptors (Lipinski definition) is 15. The van der Waals surface area contributed by atoms with Gasteiger partial charge in [0.05, 0.1) is 19.8 Å². The second kappa shape index (κ2) is 38.8. The molecule has 2 heterocycles. The summed E-state index contributed by atoms with van der Waals surface area (Å²) in [6, 6.07) is 0. The summed E-state index contributed by atoms with van der Waals surface area (Å²) < 4.78 is 33.5. The van der Waals surface area contributed by atoms with Gasteiger partial charge in [0.25, 0.3) is 0 Å². The maximum absolute atomic E-state index is 13.0. The van der Waals surface area contributed by atoms with Crippen LogP contribution in [0.5, 0.6) is 0 Å². The first kappa shape index (κ1) is 60.1. The second-order valence-corrected chi connectivity index (χ2v) is 18.3. The van der Waals surface area contributed by atoms with E-state index >= 15 is 0 Å². The molecule has 15 heteroatoms. The summed E-state index contributed by atoms with van der Waals surface area (Å²) in [6.07, 6.45) is 22.2. The van der Waals surface area contributed by atoms with E-state index in [-0.39, 0.29) is 19.4 Å². The van der Waals surface area contributed by atoms with E-state index in [0.29, 0.717) is 12.8 Å². The lowest BCUT2D eigenvalue weighted by Crippen LogP contribution is -2.61. The van der Waals surface area contributed by atoms with Gasteiger partial charge in [0.2, 0.25) is 0 Å². The Balaban J connectivity index is 1.82. The molecule has 0 radical (unpaired) electrons. The molecule has 2 rings (SSSR count). The predicted octanol–water partition coefficient (Wildman–Crippen LogP) is 7.16. The number of rotatable bonds is 40. The highest BCUT2D eigenvalue weighted by Crippen LogP contribution is 2.26. The van der Waals surface area contributed by atoms with Gasteiger partial charge in [0.15, 0.2) is 18.7 Å². The summed E-state index contributed by atoms with van der Waals surface area (Å²) in [7, 11) is 0. The van der Waals surface area contributed by atoms with Gasteiger partial charge in [-0.05, 0) is 51.4 Å². The molecule has 4 unspecified atom stereocenters. The van der Waals surface area contributed by atoms with Gasteiger partial charge in [-0.3, -0.25) is 9.59 Å². The van der Waals surface area contributed by atoms with Gasteiger partial charge in [-0.2, -0.15) is 0 Å². The Hall–Kier alpha value is -2.02. The number of hydrogen-bond donors (Lipinski definition) is 7. The van der Waals surface area contributed by atoms with Crippen molar-refractivity contribution >= 4 is 11.9 Å². The molecule has 0 amide bonds.